The predicted molar refractivity (Wildman–Crippen MR) is 77.0 cm³/mol. The summed E-state index contributed by atoms with van der Waals surface area (Å²) in [5.41, 5.74) is 6.02. The Hall–Kier alpha value is -1.94. The number of amides is 1. The molecule has 4 heteroatoms. The Kier molecular flexibility index (Phi) is 4.47. The molecule has 1 amide bonds. The third kappa shape index (κ3) is 3.09. The maximum Gasteiger partial charge on any atom is 0.270 e. The van der Waals surface area contributed by atoms with E-state index in [-0.39, 0.29) is 11.9 Å². The van der Waals surface area contributed by atoms with Gasteiger partial charge in [-0.25, -0.2) is 0 Å². The highest BCUT2D eigenvalue weighted by atomic mass is 16.1. The molecular formula is C15H19N3O. The van der Waals surface area contributed by atoms with Crippen LogP contribution in [0.5, 0.6) is 0 Å². The fourth-order valence-electron chi connectivity index (χ4n) is 2.13. The Bertz CT molecular complexity index is 563. The van der Waals surface area contributed by atoms with Gasteiger partial charge >= 0.3 is 0 Å². The summed E-state index contributed by atoms with van der Waals surface area (Å²) in [7, 11) is 0. The lowest BCUT2D eigenvalue weighted by Gasteiger charge is -2.16. The third-order valence-electron chi connectivity index (χ3n) is 3.23. The number of fused-ring (bicyclic) bond motifs is 1. The Morgan fingerprint density at radius 2 is 2.16 bits per heavy atom. The summed E-state index contributed by atoms with van der Waals surface area (Å²) in [6, 6.07) is 9.78. The van der Waals surface area contributed by atoms with Gasteiger partial charge in [-0.15, -0.1) is 0 Å². The van der Waals surface area contributed by atoms with Crippen LogP contribution in [-0.4, -0.2) is 23.5 Å². The van der Waals surface area contributed by atoms with Crippen molar-refractivity contribution in [2.45, 2.75) is 25.8 Å². The first-order valence-corrected chi connectivity index (χ1v) is 6.61. The summed E-state index contributed by atoms with van der Waals surface area (Å²) >= 11 is 0. The van der Waals surface area contributed by atoms with Crippen LogP contribution in [0.1, 0.15) is 30.3 Å². The molecule has 100 valence electrons. The maximum atomic E-state index is 12.3. The number of carbonyl (C=O) groups is 1. The van der Waals surface area contributed by atoms with Crippen LogP contribution in [0.25, 0.3) is 10.8 Å². The highest BCUT2D eigenvalue weighted by Crippen LogP contribution is 2.16. The van der Waals surface area contributed by atoms with Gasteiger partial charge in [0.2, 0.25) is 0 Å². The average molecular weight is 257 g/mol. The van der Waals surface area contributed by atoms with Crippen LogP contribution in [0.15, 0.2) is 36.5 Å². The van der Waals surface area contributed by atoms with Crippen molar-refractivity contribution in [1.82, 2.24) is 10.3 Å². The number of carbonyl (C=O) groups excluding carboxylic acids is 1. The Morgan fingerprint density at radius 1 is 1.37 bits per heavy atom. The zero-order chi connectivity index (χ0) is 13.7. The van der Waals surface area contributed by atoms with Crippen LogP contribution < -0.4 is 11.1 Å². The minimum absolute atomic E-state index is 0.110. The van der Waals surface area contributed by atoms with Crippen LogP contribution in [0.4, 0.5) is 0 Å². The summed E-state index contributed by atoms with van der Waals surface area (Å²) < 4.78 is 0. The molecule has 0 bridgehead atoms. The van der Waals surface area contributed by atoms with Crippen molar-refractivity contribution in [3.63, 3.8) is 0 Å². The second-order valence-electron chi connectivity index (χ2n) is 4.54. The number of rotatable bonds is 5. The van der Waals surface area contributed by atoms with Gasteiger partial charge in [-0.1, -0.05) is 31.2 Å². The topological polar surface area (TPSA) is 68.0 Å². The highest BCUT2D eigenvalue weighted by Gasteiger charge is 2.14. The SMILES string of the molecule is CCC(CCN)NC(=O)c1nccc2ccccc12. The number of hydrogen-bond acceptors (Lipinski definition) is 3. The van der Waals surface area contributed by atoms with E-state index >= 15 is 0 Å². The molecule has 0 spiro atoms. The van der Waals surface area contributed by atoms with Gasteiger partial charge in [0.1, 0.15) is 5.69 Å². The van der Waals surface area contributed by atoms with E-state index in [0.29, 0.717) is 12.2 Å². The Morgan fingerprint density at radius 3 is 2.89 bits per heavy atom. The lowest BCUT2D eigenvalue weighted by molar-refractivity contribution is 0.0931. The van der Waals surface area contributed by atoms with Gasteiger partial charge < -0.3 is 11.1 Å². The van der Waals surface area contributed by atoms with Crippen molar-refractivity contribution in [2.24, 2.45) is 5.73 Å². The maximum absolute atomic E-state index is 12.3. The number of hydrogen-bond donors (Lipinski definition) is 2. The monoisotopic (exact) mass is 257 g/mol. The van der Waals surface area contributed by atoms with E-state index < -0.39 is 0 Å². The van der Waals surface area contributed by atoms with Crippen LogP contribution in [0.3, 0.4) is 0 Å². The van der Waals surface area contributed by atoms with E-state index in [0.717, 1.165) is 23.6 Å². The molecule has 0 aliphatic heterocycles. The van der Waals surface area contributed by atoms with E-state index in [2.05, 4.69) is 10.3 Å². The Balaban J connectivity index is 2.26. The van der Waals surface area contributed by atoms with Crippen molar-refractivity contribution >= 4 is 16.7 Å². The smallest absolute Gasteiger partial charge is 0.270 e. The third-order valence-corrected chi connectivity index (χ3v) is 3.23. The van der Waals surface area contributed by atoms with Crippen LogP contribution in [0.2, 0.25) is 0 Å². The van der Waals surface area contributed by atoms with Crippen molar-refractivity contribution in [3.05, 3.63) is 42.2 Å². The highest BCUT2D eigenvalue weighted by molar-refractivity contribution is 6.05. The minimum Gasteiger partial charge on any atom is -0.348 e. The summed E-state index contributed by atoms with van der Waals surface area (Å²) in [4.78, 5) is 16.5. The van der Waals surface area contributed by atoms with Gasteiger partial charge in [0.15, 0.2) is 0 Å². The van der Waals surface area contributed by atoms with Gasteiger partial charge in [0.05, 0.1) is 0 Å². The standard InChI is InChI=1S/C15H19N3O/c1-2-12(7-9-16)18-15(19)14-13-6-4-3-5-11(13)8-10-17-14/h3-6,8,10,12H,2,7,9,16H2,1H3,(H,18,19). The van der Waals surface area contributed by atoms with Crippen LogP contribution in [-0.2, 0) is 0 Å². The molecule has 0 aliphatic rings. The molecule has 2 rings (SSSR count). The minimum atomic E-state index is -0.128. The molecule has 1 atom stereocenters. The van der Waals surface area contributed by atoms with Crippen LogP contribution >= 0.6 is 0 Å². The molecule has 19 heavy (non-hydrogen) atoms. The molecule has 0 saturated carbocycles. The van der Waals surface area contributed by atoms with Crippen LogP contribution in [0, 0.1) is 0 Å². The molecule has 1 unspecified atom stereocenters. The molecule has 3 N–H and O–H groups in total. The summed E-state index contributed by atoms with van der Waals surface area (Å²) in [6.45, 7) is 2.61. The molecule has 1 aromatic heterocycles. The lowest BCUT2D eigenvalue weighted by atomic mass is 10.1. The summed E-state index contributed by atoms with van der Waals surface area (Å²) in [5.74, 6) is -0.128. The number of nitrogens with zero attached hydrogens (tertiary/aromatic N) is 1. The Labute approximate surface area is 113 Å². The fourth-order valence-corrected chi connectivity index (χ4v) is 2.13. The first kappa shape index (κ1) is 13.5. The first-order valence-electron chi connectivity index (χ1n) is 6.61. The first-order chi connectivity index (χ1) is 9.26. The van der Waals surface area contributed by atoms with E-state index in [1.165, 1.54) is 0 Å². The average Bonchev–Trinajstić information content (AvgIpc) is 2.46. The number of aromatic nitrogens is 1. The van der Waals surface area contributed by atoms with E-state index in [4.69, 9.17) is 5.73 Å². The second kappa shape index (κ2) is 6.29. The van der Waals surface area contributed by atoms with Gasteiger partial charge in [-0.2, -0.15) is 0 Å². The second-order valence-corrected chi connectivity index (χ2v) is 4.54. The van der Waals surface area contributed by atoms with E-state index in [1.54, 1.807) is 6.20 Å². The molecule has 2 aromatic rings. The van der Waals surface area contributed by atoms with Crippen molar-refractivity contribution < 1.29 is 4.79 Å². The molecule has 0 radical (unpaired) electrons. The normalized spacial score (nSPS) is 12.3. The van der Waals surface area contributed by atoms with Gasteiger partial charge in [-0.3, -0.25) is 9.78 Å². The predicted octanol–water partition coefficient (Wildman–Crippen LogP) is 2.09. The van der Waals surface area contributed by atoms with Gasteiger partial charge in [0.25, 0.3) is 5.91 Å². The molecule has 1 aromatic carbocycles. The molecule has 1 heterocycles. The van der Waals surface area contributed by atoms with E-state index in [9.17, 15) is 4.79 Å². The van der Waals surface area contributed by atoms with Crippen molar-refractivity contribution in [1.29, 1.82) is 0 Å². The molecule has 4 nitrogen and oxygen atoms in total. The lowest BCUT2D eigenvalue weighted by Crippen LogP contribution is -2.36. The fraction of sp³-hybridized carbons (Fsp3) is 0.333. The number of pyridine rings is 1. The summed E-state index contributed by atoms with van der Waals surface area (Å²) in [6.07, 6.45) is 3.32. The zero-order valence-electron chi connectivity index (χ0n) is 11.1. The van der Waals surface area contributed by atoms with Gasteiger partial charge in [0, 0.05) is 17.6 Å². The molecule has 0 aliphatic carbocycles. The summed E-state index contributed by atoms with van der Waals surface area (Å²) in [5, 5.41) is 4.90. The number of benzene rings is 1. The van der Waals surface area contributed by atoms with E-state index in [1.807, 2.05) is 37.3 Å². The van der Waals surface area contributed by atoms with Gasteiger partial charge in [-0.05, 0) is 30.8 Å². The number of nitrogens with two attached hydrogens (primary N) is 1. The largest absolute Gasteiger partial charge is 0.348 e. The molecule has 0 fully saturated rings. The van der Waals surface area contributed by atoms with Crippen molar-refractivity contribution in [3.8, 4) is 0 Å². The number of nitrogens with one attached hydrogen (secondary N) is 1. The molecular weight excluding hydrogens is 238 g/mol. The van der Waals surface area contributed by atoms with Crippen molar-refractivity contribution in [2.75, 3.05) is 6.54 Å². The molecule has 0 saturated heterocycles. The zero-order valence-corrected chi connectivity index (χ0v) is 11.1. The quantitative estimate of drug-likeness (QED) is 0.861.